The van der Waals surface area contributed by atoms with Crippen molar-refractivity contribution in [2.24, 2.45) is 7.05 Å². The van der Waals surface area contributed by atoms with Crippen molar-refractivity contribution in [3.8, 4) is 11.4 Å². The Bertz CT molecular complexity index is 527. The van der Waals surface area contributed by atoms with Crippen molar-refractivity contribution in [3.05, 3.63) is 27.2 Å². The molecule has 0 amide bonds. The van der Waals surface area contributed by atoms with Crippen molar-refractivity contribution in [3.63, 3.8) is 0 Å². The van der Waals surface area contributed by atoms with Crippen LogP contribution in [0.25, 0.3) is 11.4 Å². The number of rotatable bonds is 1. The van der Waals surface area contributed by atoms with Gasteiger partial charge in [-0.05, 0) is 29.8 Å². The molecule has 0 aliphatic carbocycles. The molecule has 2 aromatic heterocycles. The Morgan fingerprint density at radius 2 is 2.00 bits per heavy atom. The van der Waals surface area contributed by atoms with Crippen LogP contribution in [0, 0.1) is 13.8 Å². The fraction of sp³-hybridized carbons (Fsp3) is 0.300. The maximum absolute atomic E-state index is 6.00. The first-order valence-electron chi connectivity index (χ1n) is 4.69. The molecule has 6 heteroatoms. The van der Waals surface area contributed by atoms with Crippen LogP contribution in [0.15, 0.2) is 10.7 Å². The largest absolute Gasteiger partial charge is 0.272 e. The second kappa shape index (κ2) is 4.14. The second-order valence-corrected chi connectivity index (χ2v) is 4.66. The summed E-state index contributed by atoms with van der Waals surface area (Å²) in [7, 11) is 1.88. The number of aromatic nitrogens is 4. The first-order valence-corrected chi connectivity index (χ1v) is 5.86. The Hall–Kier alpha value is -0.940. The third kappa shape index (κ3) is 1.85. The molecule has 0 bridgehead atoms. The van der Waals surface area contributed by atoms with Gasteiger partial charge in [-0.2, -0.15) is 5.10 Å². The minimum Gasteiger partial charge on any atom is -0.272 e. The average molecular weight is 302 g/mol. The molecule has 0 atom stereocenters. The van der Waals surface area contributed by atoms with E-state index in [1.165, 1.54) is 0 Å². The molecule has 84 valence electrons. The molecular weight excluding hydrogens is 291 g/mol. The number of nitrogens with zero attached hydrogens (tertiary/aromatic N) is 4. The van der Waals surface area contributed by atoms with E-state index >= 15 is 0 Å². The Balaban J connectivity index is 2.61. The van der Waals surface area contributed by atoms with Gasteiger partial charge in [-0.25, -0.2) is 9.97 Å². The van der Waals surface area contributed by atoms with Gasteiger partial charge in [-0.1, -0.05) is 11.6 Å². The summed E-state index contributed by atoms with van der Waals surface area (Å²) in [6, 6.07) is 0. The molecule has 0 N–H and O–H groups in total. The molecule has 2 aromatic rings. The van der Waals surface area contributed by atoms with Gasteiger partial charge in [0.2, 0.25) is 0 Å². The summed E-state index contributed by atoms with van der Waals surface area (Å²) >= 11 is 9.33. The van der Waals surface area contributed by atoms with Crippen LogP contribution in [-0.4, -0.2) is 19.7 Å². The van der Waals surface area contributed by atoms with Crippen LogP contribution >= 0.6 is 27.5 Å². The molecule has 16 heavy (non-hydrogen) atoms. The Morgan fingerprint density at radius 1 is 1.31 bits per heavy atom. The Kier molecular flexibility index (Phi) is 2.99. The van der Waals surface area contributed by atoms with Gasteiger partial charge in [-0.3, -0.25) is 4.68 Å². The van der Waals surface area contributed by atoms with Crippen molar-refractivity contribution in [2.75, 3.05) is 0 Å². The summed E-state index contributed by atoms with van der Waals surface area (Å²) in [6.45, 7) is 3.85. The van der Waals surface area contributed by atoms with E-state index in [2.05, 4.69) is 31.0 Å². The van der Waals surface area contributed by atoms with E-state index in [0.717, 1.165) is 21.4 Å². The van der Waals surface area contributed by atoms with Crippen molar-refractivity contribution < 1.29 is 0 Å². The fourth-order valence-corrected chi connectivity index (χ4v) is 1.76. The zero-order chi connectivity index (χ0) is 11.9. The van der Waals surface area contributed by atoms with E-state index in [1.807, 2.05) is 20.9 Å². The normalized spacial score (nSPS) is 10.8. The van der Waals surface area contributed by atoms with Crippen molar-refractivity contribution in [1.82, 2.24) is 19.7 Å². The molecule has 0 aliphatic heterocycles. The number of aryl methyl sites for hydroxylation is 2. The highest BCUT2D eigenvalue weighted by Crippen LogP contribution is 2.27. The lowest BCUT2D eigenvalue weighted by atomic mass is 10.2. The van der Waals surface area contributed by atoms with Gasteiger partial charge >= 0.3 is 0 Å². The van der Waals surface area contributed by atoms with Crippen LogP contribution in [-0.2, 0) is 7.05 Å². The molecule has 2 heterocycles. The number of halogens is 2. The van der Waals surface area contributed by atoms with Crippen LogP contribution in [0.3, 0.4) is 0 Å². The second-order valence-electron chi connectivity index (χ2n) is 3.50. The summed E-state index contributed by atoms with van der Waals surface area (Å²) in [5.74, 6) is 0.608. The zero-order valence-electron chi connectivity index (χ0n) is 9.12. The molecular formula is C10H10BrClN4. The maximum Gasteiger partial charge on any atom is 0.164 e. The molecule has 0 saturated carbocycles. The molecule has 0 aromatic carbocycles. The van der Waals surface area contributed by atoms with E-state index in [4.69, 9.17) is 11.6 Å². The van der Waals surface area contributed by atoms with Crippen molar-refractivity contribution in [2.45, 2.75) is 13.8 Å². The van der Waals surface area contributed by atoms with Gasteiger partial charge < -0.3 is 0 Å². The van der Waals surface area contributed by atoms with Crippen LogP contribution in [0.1, 0.15) is 11.4 Å². The van der Waals surface area contributed by atoms with Gasteiger partial charge in [0.1, 0.15) is 5.15 Å². The molecule has 4 nitrogen and oxygen atoms in total. The Labute approximate surface area is 107 Å². The zero-order valence-corrected chi connectivity index (χ0v) is 11.5. The lowest BCUT2D eigenvalue weighted by Crippen LogP contribution is -1.97. The predicted molar refractivity (Wildman–Crippen MR) is 66.4 cm³/mol. The lowest BCUT2D eigenvalue weighted by Gasteiger charge is -2.04. The van der Waals surface area contributed by atoms with Crippen molar-refractivity contribution >= 4 is 27.5 Å². The molecule has 0 aliphatic rings. The summed E-state index contributed by atoms with van der Waals surface area (Å²) in [5, 5.41) is 4.58. The SMILES string of the molecule is Cc1nc(-c2cnn(C)c2C)nc(Cl)c1Br. The first-order chi connectivity index (χ1) is 7.50. The molecule has 0 saturated heterocycles. The van der Waals surface area contributed by atoms with E-state index in [1.54, 1.807) is 10.9 Å². The minimum absolute atomic E-state index is 0.422. The van der Waals surface area contributed by atoms with Gasteiger partial charge in [-0.15, -0.1) is 0 Å². The summed E-state index contributed by atoms with van der Waals surface area (Å²) < 4.78 is 2.52. The molecule has 0 spiro atoms. The average Bonchev–Trinajstić information content (AvgIpc) is 2.56. The van der Waals surface area contributed by atoms with Gasteiger partial charge in [0.25, 0.3) is 0 Å². The number of hydrogen-bond acceptors (Lipinski definition) is 3. The Morgan fingerprint density at radius 3 is 2.50 bits per heavy atom. The van der Waals surface area contributed by atoms with E-state index in [0.29, 0.717) is 11.0 Å². The van der Waals surface area contributed by atoms with Gasteiger partial charge in [0.05, 0.1) is 21.9 Å². The third-order valence-corrected chi connectivity index (χ3v) is 3.90. The summed E-state index contributed by atoms with van der Waals surface area (Å²) in [4.78, 5) is 8.61. The fourth-order valence-electron chi connectivity index (χ4n) is 1.36. The quantitative estimate of drug-likeness (QED) is 0.761. The van der Waals surface area contributed by atoms with E-state index in [9.17, 15) is 0 Å². The molecule has 0 radical (unpaired) electrons. The smallest absolute Gasteiger partial charge is 0.164 e. The van der Waals surface area contributed by atoms with Crippen LogP contribution < -0.4 is 0 Å². The standard InChI is InChI=1S/C10H10BrClN4/c1-5-8(11)9(12)15-10(14-5)7-4-13-16(3)6(7)2/h4H,1-3H3. The van der Waals surface area contributed by atoms with Crippen LogP contribution in [0.4, 0.5) is 0 Å². The predicted octanol–water partition coefficient (Wildman–Crippen LogP) is 2.91. The molecule has 0 unspecified atom stereocenters. The third-order valence-electron chi connectivity index (χ3n) is 2.45. The van der Waals surface area contributed by atoms with E-state index in [-0.39, 0.29) is 0 Å². The molecule has 2 rings (SSSR count). The van der Waals surface area contributed by atoms with Gasteiger partial charge in [0, 0.05) is 12.7 Å². The summed E-state index contributed by atoms with van der Waals surface area (Å²) in [6.07, 6.45) is 1.74. The van der Waals surface area contributed by atoms with Crippen LogP contribution in [0.5, 0.6) is 0 Å². The highest BCUT2D eigenvalue weighted by atomic mass is 79.9. The lowest BCUT2D eigenvalue weighted by molar-refractivity contribution is 0.740. The van der Waals surface area contributed by atoms with Crippen molar-refractivity contribution in [1.29, 1.82) is 0 Å². The number of hydrogen-bond donors (Lipinski definition) is 0. The first kappa shape index (κ1) is 11.5. The molecule has 0 fully saturated rings. The topological polar surface area (TPSA) is 43.6 Å². The van der Waals surface area contributed by atoms with Crippen LogP contribution in [0.2, 0.25) is 5.15 Å². The maximum atomic E-state index is 6.00. The monoisotopic (exact) mass is 300 g/mol. The summed E-state index contributed by atoms with van der Waals surface area (Å²) in [5.41, 5.74) is 2.73. The minimum atomic E-state index is 0.422. The highest BCUT2D eigenvalue weighted by Gasteiger charge is 2.13. The van der Waals surface area contributed by atoms with E-state index < -0.39 is 0 Å². The highest BCUT2D eigenvalue weighted by molar-refractivity contribution is 9.10. The van der Waals surface area contributed by atoms with Gasteiger partial charge in [0.15, 0.2) is 5.82 Å².